The van der Waals surface area contributed by atoms with E-state index in [1.165, 1.54) is 16.0 Å². The largest absolute Gasteiger partial charge is 0.326 e. The number of hydrogen-bond donors (Lipinski definition) is 2. The Hall–Kier alpha value is -3.38. The van der Waals surface area contributed by atoms with Gasteiger partial charge in [0, 0.05) is 28.3 Å². The number of fused-ring (bicyclic) bond motifs is 1. The number of nitrogens with one attached hydrogen (secondary N) is 2. The Balaban J connectivity index is 1.36. The number of anilines is 1. The summed E-state index contributed by atoms with van der Waals surface area (Å²) in [5.41, 5.74) is 3.68. The van der Waals surface area contributed by atoms with Gasteiger partial charge >= 0.3 is 0 Å². The first kappa shape index (κ1) is 20.9. The molecule has 31 heavy (non-hydrogen) atoms. The van der Waals surface area contributed by atoms with Crippen LogP contribution in [0, 0.1) is 13.8 Å². The van der Waals surface area contributed by atoms with E-state index in [0.29, 0.717) is 23.1 Å². The number of carbonyl (C=O) groups excluding carboxylic acids is 1. The molecule has 0 aliphatic carbocycles. The second kappa shape index (κ2) is 9.18. The molecule has 0 aliphatic heterocycles. The highest BCUT2D eigenvalue weighted by Gasteiger charge is 2.08. The molecule has 1 amide bonds. The number of rotatable bonds is 6. The quantitative estimate of drug-likeness (QED) is 0.438. The smallest absolute Gasteiger partial charge is 0.258 e. The van der Waals surface area contributed by atoms with Gasteiger partial charge in [-0.05, 0) is 67.4 Å². The van der Waals surface area contributed by atoms with Gasteiger partial charge in [-0.25, -0.2) is 4.98 Å². The lowest BCUT2D eigenvalue weighted by atomic mass is 10.2. The summed E-state index contributed by atoms with van der Waals surface area (Å²) in [6.07, 6.45) is 0.604. The Morgan fingerprint density at radius 2 is 1.81 bits per heavy atom. The summed E-state index contributed by atoms with van der Waals surface area (Å²) in [5.74, 6) is 0.393. The van der Waals surface area contributed by atoms with Crippen LogP contribution in [0.4, 0.5) is 5.69 Å². The Morgan fingerprint density at radius 1 is 1.03 bits per heavy atom. The van der Waals surface area contributed by atoms with Crippen LogP contribution in [0.1, 0.15) is 23.4 Å². The van der Waals surface area contributed by atoms with Gasteiger partial charge in [-0.3, -0.25) is 9.59 Å². The van der Waals surface area contributed by atoms with Crippen molar-refractivity contribution in [2.45, 2.75) is 36.5 Å². The minimum atomic E-state index is -0.182. The van der Waals surface area contributed by atoms with Crippen molar-refractivity contribution >= 4 is 34.3 Å². The van der Waals surface area contributed by atoms with Crippen molar-refractivity contribution in [2.75, 3.05) is 5.32 Å². The SMILES string of the molecule is Cc1ccc(C)c(Sc2ccc(NC(=O)CCc3nc4ccccc4c(=O)[nH]3)cc2)c1. The van der Waals surface area contributed by atoms with Gasteiger partial charge in [-0.1, -0.05) is 36.0 Å². The van der Waals surface area contributed by atoms with Crippen LogP contribution in [-0.2, 0) is 11.2 Å². The molecule has 2 N–H and O–H groups in total. The molecule has 0 spiro atoms. The normalized spacial score (nSPS) is 10.9. The summed E-state index contributed by atoms with van der Waals surface area (Å²) < 4.78 is 0. The van der Waals surface area contributed by atoms with Crippen molar-refractivity contribution in [2.24, 2.45) is 0 Å². The van der Waals surface area contributed by atoms with Gasteiger partial charge in [-0.2, -0.15) is 0 Å². The van der Waals surface area contributed by atoms with Crippen LogP contribution in [0.2, 0.25) is 0 Å². The first-order valence-corrected chi connectivity index (χ1v) is 10.9. The highest BCUT2D eigenvalue weighted by atomic mass is 32.2. The number of para-hydroxylation sites is 1. The number of nitrogens with zero attached hydrogens (tertiary/aromatic N) is 1. The van der Waals surface area contributed by atoms with Gasteiger partial charge in [0.15, 0.2) is 0 Å². The standard InChI is InChI=1S/C25H23N3O2S/c1-16-7-8-17(2)22(15-16)31-19-11-9-18(10-12-19)26-24(29)14-13-23-27-21-6-4-3-5-20(21)25(30)28-23/h3-12,15H,13-14H2,1-2H3,(H,26,29)(H,27,28,30). The lowest BCUT2D eigenvalue weighted by molar-refractivity contribution is -0.116. The van der Waals surface area contributed by atoms with E-state index in [2.05, 4.69) is 47.3 Å². The van der Waals surface area contributed by atoms with E-state index in [1.807, 2.05) is 30.3 Å². The zero-order chi connectivity index (χ0) is 21.8. The molecule has 0 aliphatic rings. The molecule has 0 fully saturated rings. The van der Waals surface area contributed by atoms with Crippen LogP contribution in [0.25, 0.3) is 10.9 Å². The molecule has 4 rings (SSSR count). The van der Waals surface area contributed by atoms with E-state index in [-0.39, 0.29) is 17.9 Å². The molecule has 1 heterocycles. The fourth-order valence-electron chi connectivity index (χ4n) is 3.26. The minimum Gasteiger partial charge on any atom is -0.326 e. The van der Waals surface area contributed by atoms with E-state index in [4.69, 9.17) is 0 Å². The maximum Gasteiger partial charge on any atom is 0.258 e. The first-order chi connectivity index (χ1) is 15.0. The summed E-state index contributed by atoms with van der Waals surface area (Å²) in [6, 6.07) is 21.4. The molecule has 1 aromatic heterocycles. The van der Waals surface area contributed by atoms with Crippen molar-refractivity contribution in [3.63, 3.8) is 0 Å². The molecule has 4 aromatic rings. The molecule has 3 aromatic carbocycles. The number of hydrogen-bond acceptors (Lipinski definition) is 4. The van der Waals surface area contributed by atoms with Gasteiger partial charge in [0.05, 0.1) is 10.9 Å². The van der Waals surface area contributed by atoms with E-state index < -0.39 is 0 Å². The van der Waals surface area contributed by atoms with Crippen LogP contribution in [0.15, 0.2) is 81.3 Å². The molecular formula is C25H23N3O2S. The molecule has 0 bridgehead atoms. The van der Waals surface area contributed by atoms with Crippen molar-refractivity contribution in [1.82, 2.24) is 9.97 Å². The van der Waals surface area contributed by atoms with Crippen molar-refractivity contribution in [3.05, 3.63) is 94.0 Å². The third-order valence-corrected chi connectivity index (χ3v) is 6.13. The second-order valence-corrected chi connectivity index (χ2v) is 8.59. The van der Waals surface area contributed by atoms with Gasteiger partial charge in [0.25, 0.3) is 5.56 Å². The predicted molar refractivity (Wildman–Crippen MR) is 126 cm³/mol. The molecule has 6 heteroatoms. The van der Waals surface area contributed by atoms with Gasteiger partial charge in [0.1, 0.15) is 5.82 Å². The third kappa shape index (κ3) is 5.22. The number of aromatic nitrogens is 2. The fraction of sp³-hybridized carbons (Fsp3) is 0.160. The lowest BCUT2D eigenvalue weighted by Crippen LogP contribution is -2.16. The fourth-order valence-corrected chi connectivity index (χ4v) is 4.26. The first-order valence-electron chi connectivity index (χ1n) is 10.1. The van der Waals surface area contributed by atoms with Crippen LogP contribution in [0.3, 0.4) is 0 Å². The summed E-state index contributed by atoms with van der Waals surface area (Å²) in [7, 11) is 0. The van der Waals surface area contributed by atoms with Crippen LogP contribution in [0.5, 0.6) is 0 Å². The topological polar surface area (TPSA) is 74.8 Å². The van der Waals surface area contributed by atoms with Crippen molar-refractivity contribution < 1.29 is 4.79 Å². The van der Waals surface area contributed by atoms with Crippen LogP contribution < -0.4 is 10.9 Å². The Labute approximate surface area is 184 Å². The zero-order valence-corrected chi connectivity index (χ0v) is 18.3. The molecule has 5 nitrogen and oxygen atoms in total. The Bertz CT molecular complexity index is 1300. The van der Waals surface area contributed by atoms with Crippen molar-refractivity contribution in [3.8, 4) is 0 Å². The minimum absolute atomic E-state index is 0.120. The number of aryl methyl sites for hydroxylation is 3. The van der Waals surface area contributed by atoms with Gasteiger partial charge in [0.2, 0.25) is 5.91 Å². The molecular weight excluding hydrogens is 406 g/mol. The summed E-state index contributed by atoms with van der Waals surface area (Å²) in [5, 5.41) is 3.46. The van der Waals surface area contributed by atoms with E-state index >= 15 is 0 Å². The Kier molecular flexibility index (Phi) is 6.18. The lowest BCUT2D eigenvalue weighted by Gasteiger charge is -2.09. The molecule has 0 unspecified atom stereocenters. The number of amides is 1. The van der Waals surface area contributed by atoms with E-state index in [0.717, 1.165) is 10.6 Å². The molecule has 156 valence electrons. The monoisotopic (exact) mass is 429 g/mol. The summed E-state index contributed by atoms with van der Waals surface area (Å²) in [4.78, 5) is 34.0. The van der Waals surface area contributed by atoms with Gasteiger partial charge in [-0.15, -0.1) is 0 Å². The maximum absolute atomic E-state index is 12.4. The van der Waals surface area contributed by atoms with Crippen LogP contribution >= 0.6 is 11.8 Å². The third-order valence-electron chi connectivity index (χ3n) is 4.96. The average molecular weight is 430 g/mol. The highest BCUT2D eigenvalue weighted by molar-refractivity contribution is 7.99. The molecule has 0 saturated carbocycles. The zero-order valence-electron chi connectivity index (χ0n) is 17.4. The number of aromatic amines is 1. The van der Waals surface area contributed by atoms with Gasteiger partial charge < -0.3 is 10.3 Å². The molecule has 0 atom stereocenters. The summed E-state index contributed by atoms with van der Waals surface area (Å²) in [6.45, 7) is 4.19. The van der Waals surface area contributed by atoms with Crippen molar-refractivity contribution in [1.29, 1.82) is 0 Å². The number of H-pyrrole nitrogens is 1. The van der Waals surface area contributed by atoms with Crippen LogP contribution in [-0.4, -0.2) is 15.9 Å². The average Bonchev–Trinajstić information content (AvgIpc) is 2.76. The number of benzene rings is 3. The maximum atomic E-state index is 12.4. The van der Waals surface area contributed by atoms with E-state index in [9.17, 15) is 9.59 Å². The summed E-state index contributed by atoms with van der Waals surface area (Å²) >= 11 is 1.71. The number of carbonyl (C=O) groups is 1. The molecule has 0 radical (unpaired) electrons. The highest BCUT2D eigenvalue weighted by Crippen LogP contribution is 2.31. The molecule has 0 saturated heterocycles. The van der Waals surface area contributed by atoms with E-state index in [1.54, 1.807) is 30.0 Å². The predicted octanol–water partition coefficient (Wildman–Crippen LogP) is 5.26. The second-order valence-electron chi connectivity index (χ2n) is 7.47. The Morgan fingerprint density at radius 3 is 2.61 bits per heavy atom.